The molecule has 0 radical (unpaired) electrons. The number of nitrogens with zero attached hydrogens (tertiary/aromatic N) is 6. The van der Waals surface area contributed by atoms with Gasteiger partial charge in [0.1, 0.15) is 18.2 Å². The van der Waals surface area contributed by atoms with Gasteiger partial charge in [-0.1, -0.05) is 6.07 Å². The summed E-state index contributed by atoms with van der Waals surface area (Å²) in [6, 6.07) is 5.29. The molecule has 254 valence electrons. The van der Waals surface area contributed by atoms with Crippen LogP contribution in [0.5, 0.6) is 0 Å². The average molecular weight is 720 g/mol. The number of halogens is 15. The van der Waals surface area contributed by atoms with E-state index in [1.165, 1.54) is 6.07 Å². The van der Waals surface area contributed by atoms with Gasteiger partial charge in [-0.15, -0.1) is 0 Å². The summed E-state index contributed by atoms with van der Waals surface area (Å²) in [6.07, 6.45) is -17.4. The number of nitriles is 4. The maximum absolute atomic E-state index is 15.2. The van der Waals surface area contributed by atoms with Crippen LogP contribution < -0.4 is 0 Å². The molecule has 1 aromatic carbocycles. The first kappa shape index (κ1) is 36.5. The molecule has 0 unspecified atom stereocenters. The van der Waals surface area contributed by atoms with Gasteiger partial charge in [0, 0.05) is 22.3 Å². The maximum atomic E-state index is 15.2. The number of hydrogen-bond acceptors (Lipinski definition) is 6. The Balaban J connectivity index is 2.36. The third-order valence-corrected chi connectivity index (χ3v) is 6.61. The van der Waals surface area contributed by atoms with Crippen LogP contribution in [-0.4, -0.2) is 9.97 Å². The summed E-state index contributed by atoms with van der Waals surface area (Å²) in [5.74, 6) is -16.6. The highest BCUT2D eigenvalue weighted by atomic mass is 19.4. The van der Waals surface area contributed by atoms with Crippen molar-refractivity contribution in [1.29, 1.82) is 21.0 Å². The van der Waals surface area contributed by atoms with E-state index in [4.69, 9.17) is 5.26 Å². The lowest BCUT2D eigenvalue weighted by Crippen LogP contribution is -2.16. The third-order valence-electron chi connectivity index (χ3n) is 6.61. The highest BCUT2D eigenvalue weighted by Gasteiger charge is 2.48. The summed E-state index contributed by atoms with van der Waals surface area (Å²) in [6.45, 7) is 0. The molecule has 4 rings (SSSR count). The molecule has 0 saturated heterocycles. The van der Waals surface area contributed by atoms with Crippen molar-refractivity contribution in [2.24, 2.45) is 0 Å². The Morgan fingerprint density at radius 3 is 1.22 bits per heavy atom. The largest absolute Gasteiger partial charge is 0.436 e. The van der Waals surface area contributed by atoms with Crippen LogP contribution in [0.15, 0.2) is 34.9 Å². The van der Waals surface area contributed by atoms with E-state index in [-0.39, 0.29) is 6.07 Å². The van der Waals surface area contributed by atoms with E-state index < -0.39 is 126 Å². The summed E-state index contributed by atoms with van der Waals surface area (Å²) >= 11 is 0. The molecule has 50 heavy (non-hydrogen) atoms. The minimum atomic E-state index is -5.94. The predicted octanol–water partition coefficient (Wildman–Crippen LogP) is 8.48. The van der Waals surface area contributed by atoms with Gasteiger partial charge in [0.05, 0.1) is 45.0 Å². The Bertz CT molecular complexity index is 2170. The highest BCUT2D eigenvalue weighted by molar-refractivity contribution is 6.12. The van der Waals surface area contributed by atoms with Crippen LogP contribution in [0.4, 0.5) is 65.9 Å². The molecule has 2 heterocycles. The summed E-state index contributed by atoms with van der Waals surface area (Å²) in [4.78, 5) is 4.10. The van der Waals surface area contributed by atoms with Crippen LogP contribution >= 0.6 is 0 Å². The van der Waals surface area contributed by atoms with Crippen molar-refractivity contribution < 1.29 is 65.9 Å². The summed E-state index contributed by atoms with van der Waals surface area (Å²) < 4.78 is 211. The first-order valence-corrected chi connectivity index (χ1v) is 12.4. The second-order valence-electron chi connectivity index (χ2n) is 9.46. The van der Waals surface area contributed by atoms with Crippen LogP contribution in [0.2, 0.25) is 0 Å². The molecule has 0 spiro atoms. The van der Waals surface area contributed by atoms with Crippen molar-refractivity contribution in [3.63, 3.8) is 0 Å². The Kier molecular flexibility index (Phi) is 8.95. The second kappa shape index (κ2) is 12.3. The van der Waals surface area contributed by atoms with Gasteiger partial charge in [-0.3, -0.25) is 0 Å². The van der Waals surface area contributed by atoms with Crippen molar-refractivity contribution in [3.05, 3.63) is 109 Å². The quantitative estimate of drug-likeness (QED) is 0.152. The fourth-order valence-corrected chi connectivity index (χ4v) is 4.57. The molecule has 0 aliphatic heterocycles. The zero-order valence-corrected chi connectivity index (χ0v) is 23.1. The molecule has 6 nitrogen and oxygen atoms in total. The number of benzene rings is 1. The van der Waals surface area contributed by atoms with Crippen molar-refractivity contribution >= 4 is 16.7 Å². The van der Waals surface area contributed by atoms with E-state index in [0.29, 0.717) is 12.1 Å². The molecule has 1 fully saturated rings. The van der Waals surface area contributed by atoms with E-state index in [0.717, 1.165) is 18.2 Å². The molecule has 0 amide bonds. The van der Waals surface area contributed by atoms with E-state index in [2.05, 4.69) is 0 Å². The fourth-order valence-electron chi connectivity index (χ4n) is 4.57. The zero-order valence-electron chi connectivity index (χ0n) is 23.1. The lowest BCUT2D eigenvalue weighted by Gasteiger charge is -2.12. The molecule has 2 aromatic heterocycles. The smallest absolute Gasteiger partial charge is 0.209 e. The van der Waals surface area contributed by atoms with Gasteiger partial charge in [0.15, 0.2) is 34.7 Å². The van der Waals surface area contributed by atoms with Gasteiger partial charge in [-0.05, 0) is 12.1 Å². The molecular formula is C29H3F15N6. The third kappa shape index (κ3) is 6.05. The molecule has 1 aliphatic rings. The van der Waals surface area contributed by atoms with Gasteiger partial charge in [0.25, 0.3) is 0 Å². The fraction of sp³-hybridized carbons (Fsp3) is 0.103. The second-order valence-corrected chi connectivity index (χ2v) is 9.46. The van der Waals surface area contributed by atoms with Gasteiger partial charge in [0.2, 0.25) is 11.9 Å². The van der Waals surface area contributed by atoms with Crippen LogP contribution in [0.3, 0.4) is 0 Å². The molecule has 21 heteroatoms. The van der Waals surface area contributed by atoms with Crippen molar-refractivity contribution in [1.82, 2.24) is 9.97 Å². The van der Waals surface area contributed by atoms with Gasteiger partial charge >= 0.3 is 18.5 Å². The van der Waals surface area contributed by atoms with Crippen LogP contribution in [-0.2, 0) is 18.5 Å². The Hall–Kier alpha value is -6.35. The van der Waals surface area contributed by atoms with E-state index in [1.807, 2.05) is 9.97 Å². The number of alkyl halides is 9. The van der Waals surface area contributed by atoms with Gasteiger partial charge < -0.3 is 0 Å². The van der Waals surface area contributed by atoms with E-state index >= 15 is 8.78 Å². The minimum Gasteiger partial charge on any atom is -0.209 e. The van der Waals surface area contributed by atoms with E-state index in [1.54, 1.807) is 0 Å². The standard InChI is InChI=1S/C29H3F15N6/c30-19-17(21(32)25(34)49-23(19)28(39,40)41)11(6-47)15-14(10(5-46)9-2-1-8(4-45)3-13(9)27(36,37)38)16(15)12(7-48)18-20(31)24(29(42,43)44)50-26(35)22(18)33/h1-3H. The molecule has 0 bridgehead atoms. The molecular weight excluding hydrogens is 717 g/mol. The Morgan fingerprint density at radius 1 is 0.520 bits per heavy atom. The van der Waals surface area contributed by atoms with E-state index in [9.17, 15) is 72.9 Å². The van der Waals surface area contributed by atoms with Crippen LogP contribution in [0, 0.1) is 80.5 Å². The maximum Gasteiger partial charge on any atom is 0.436 e. The molecule has 0 N–H and O–H groups in total. The lowest BCUT2D eigenvalue weighted by molar-refractivity contribution is -0.145. The highest BCUT2D eigenvalue weighted by Crippen LogP contribution is 2.57. The number of aromatic nitrogens is 2. The zero-order chi connectivity index (χ0) is 37.8. The molecule has 1 aliphatic carbocycles. The summed E-state index contributed by atoms with van der Waals surface area (Å²) in [5.41, 5.74) is -23.9. The first-order chi connectivity index (χ1) is 23.1. The van der Waals surface area contributed by atoms with Crippen LogP contribution in [0.1, 0.15) is 39.2 Å². The first-order valence-electron chi connectivity index (χ1n) is 12.4. The molecule has 3 aromatic rings. The summed E-state index contributed by atoms with van der Waals surface area (Å²) in [5, 5.41) is 38.6. The van der Waals surface area contributed by atoms with Crippen LogP contribution in [0.25, 0.3) is 16.7 Å². The van der Waals surface area contributed by atoms with Gasteiger partial charge in [-0.2, -0.15) is 69.3 Å². The predicted molar refractivity (Wildman–Crippen MR) is 132 cm³/mol. The van der Waals surface area contributed by atoms with Crippen molar-refractivity contribution in [2.75, 3.05) is 0 Å². The monoisotopic (exact) mass is 720 g/mol. The number of pyridine rings is 2. The normalized spacial score (nSPS) is 15.1. The SMILES string of the molecule is N#CC(=C1C(=C(C#N)c2c(F)c(F)nc(C(F)(F)F)c2F)C1=C(C#N)c1c(F)c(F)nc(C(F)(F)F)c1F)c1ccc(C#N)cc1C(F)(F)F. The lowest BCUT2D eigenvalue weighted by atomic mass is 9.96. The molecule has 0 atom stereocenters. The number of allylic oxidation sites excluding steroid dienone is 6. The minimum absolute atomic E-state index is 0.124. The Labute approximate surface area is 266 Å². The number of rotatable bonds is 3. The Morgan fingerprint density at radius 2 is 0.900 bits per heavy atom. The molecule has 1 saturated carbocycles. The number of hydrogen-bond donors (Lipinski definition) is 0. The van der Waals surface area contributed by atoms with Gasteiger partial charge in [-0.25, -0.2) is 27.5 Å². The topological polar surface area (TPSA) is 121 Å². The van der Waals surface area contributed by atoms with Crippen molar-refractivity contribution in [3.8, 4) is 24.3 Å². The van der Waals surface area contributed by atoms with Crippen molar-refractivity contribution in [2.45, 2.75) is 18.5 Å². The summed E-state index contributed by atoms with van der Waals surface area (Å²) in [7, 11) is 0. The average Bonchev–Trinajstić information content (AvgIpc) is 3.73.